The van der Waals surface area contributed by atoms with Crippen LogP contribution in [0.4, 0.5) is 11.4 Å². The predicted octanol–water partition coefficient (Wildman–Crippen LogP) is 6.86. The Kier molecular flexibility index (Phi) is 9.85. The van der Waals surface area contributed by atoms with E-state index < -0.39 is 15.9 Å². The highest BCUT2D eigenvalue weighted by molar-refractivity contribution is 7.92. The summed E-state index contributed by atoms with van der Waals surface area (Å²) in [6.45, 7) is 5.58. The molecule has 3 N–H and O–H groups in total. The van der Waals surface area contributed by atoms with Crippen LogP contribution in [0.2, 0.25) is 5.02 Å². The van der Waals surface area contributed by atoms with Crippen molar-refractivity contribution in [3.63, 3.8) is 0 Å². The van der Waals surface area contributed by atoms with Crippen LogP contribution in [-0.4, -0.2) is 39.8 Å². The van der Waals surface area contributed by atoms with Gasteiger partial charge in [-0.1, -0.05) is 62.7 Å². The minimum atomic E-state index is -4.18. The van der Waals surface area contributed by atoms with E-state index in [0.717, 1.165) is 5.56 Å². The minimum absolute atomic E-state index is 0.00262. The third-order valence-corrected chi connectivity index (χ3v) is 8.02. The molecule has 0 spiro atoms. The first-order valence-electron chi connectivity index (χ1n) is 13.3. The maximum atomic E-state index is 13.6. The van der Waals surface area contributed by atoms with Crippen LogP contribution < -0.4 is 24.2 Å². The number of methoxy groups -OCH3 is 1. The van der Waals surface area contributed by atoms with Gasteiger partial charge in [0.1, 0.15) is 18.1 Å². The van der Waals surface area contributed by atoms with Crippen LogP contribution in [0.1, 0.15) is 36.7 Å². The standard InChI is InChI=1S/C32H33ClN2O7S/c1-32(2,3)22-10-13-25(14-11-22)43(38,39)35-27-18-21(31(37)34-23-8-6-5-7-9-23)19-29(41-17-16-36)30(27)42-28-20-24(40-4)12-15-26(28)33/h5-15,18-20,35-36H,16-17H2,1-4H3,(H,34,37). The van der Waals surface area contributed by atoms with E-state index >= 15 is 0 Å². The number of carbonyl (C=O) groups is 1. The number of rotatable bonds is 11. The van der Waals surface area contributed by atoms with E-state index in [4.69, 9.17) is 25.8 Å². The lowest BCUT2D eigenvalue weighted by Crippen LogP contribution is -2.17. The number of nitrogens with one attached hydrogen (secondary N) is 2. The summed E-state index contributed by atoms with van der Waals surface area (Å²) in [7, 11) is -2.70. The first-order valence-corrected chi connectivity index (χ1v) is 15.2. The third-order valence-electron chi connectivity index (χ3n) is 6.32. The molecule has 0 aromatic heterocycles. The second-order valence-electron chi connectivity index (χ2n) is 10.5. The molecule has 4 rings (SSSR count). The van der Waals surface area contributed by atoms with Crippen LogP contribution in [-0.2, 0) is 15.4 Å². The zero-order valence-electron chi connectivity index (χ0n) is 24.2. The zero-order chi connectivity index (χ0) is 31.2. The van der Waals surface area contributed by atoms with Crippen molar-refractivity contribution in [1.82, 2.24) is 0 Å². The van der Waals surface area contributed by atoms with Crippen molar-refractivity contribution >= 4 is 38.9 Å². The molecule has 0 aliphatic heterocycles. The van der Waals surface area contributed by atoms with Crippen LogP contribution in [0, 0.1) is 0 Å². The molecule has 1 amide bonds. The minimum Gasteiger partial charge on any atom is -0.497 e. The zero-order valence-corrected chi connectivity index (χ0v) is 25.8. The Morgan fingerprint density at radius 2 is 1.63 bits per heavy atom. The molecular formula is C32H33ClN2O7S. The molecule has 0 bridgehead atoms. The molecule has 43 heavy (non-hydrogen) atoms. The van der Waals surface area contributed by atoms with Crippen molar-refractivity contribution < 1.29 is 32.5 Å². The van der Waals surface area contributed by atoms with Gasteiger partial charge in [0.15, 0.2) is 11.5 Å². The topological polar surface area (TPSA) is 123 Å². The van der Waals surface area contributed by atoms with Crippen molar-refractivity contribution in [1.29, 1.82) is 0 Å². The molecule has 0 aliphatic carbocycles. The monoisotopic (exact) mass is 624 g/mol. The Morgan fingerprint density at radius 1 is 0.930 bits per heavy atom. The molecule has 0 unspecified atom stereocenters. The van der Waals surface area contributed by atoms with Crippen molar-refractivity contribution in [2.75, 3.05) is 30.4 Å². The number of carbonyl (C=O) groups excluding carboxylic acids is 1. The van der Waals surface area contributed by atoms with E-state index in [1.54, 1.807) is 48.5 Å². The van der Waals surface area contributed by atoms with Crippen molar-refractivity contribution in [3.8, 4) is 23.0 Å². The molecule has 4 aromatic carbocycles. The van der Waals surface area contributed by atoms with E-state index in [-0.39, 0.29) is 57.0 Å². The van der Waals surface area contributed by atoms with Crippen LogP contribution in [0.3, 0.4) is 0 Å². The summed E-state index contributed by atoms with van der Waals surface area (Å²) >= 11 is 6.40. The first kappa shape index (κ1) is 31.7. The molecule has 0 aliphatic rings. The summed E-state index contributed by atoms with van der Waals surface area (Å²) in [5, 5.41) is 12.5. The molecule has 4 aromatic rings. The highest BCUT2D eigenvalue weighted by Crippen LogP contribution is 2.44. The lowest BCUT2D eigenvalue weighted by atomic mass is 9.87. The van der Waals surface area contributed by atoms with E-state index in [1.165, 1.54) is 37.4 Å². The second-order valence-corrected chi connectivity index (χ2v) is 12.6. The number of amides is 1. The van der Waals surface area contributed by atoms with Gasteiger partial charge in [0.25, 0.3) is 15.9 Å². The maximum absolute atomic E-state index is 13.6. The summed E-state index contributed by atoms with van der Waals surface area (Å²) < 4.78 is 47.0. The number of sulfonamides is 1. The fourth-order valence-electron chi connectivity index (χ4n) is 4.04. The van der Waals surface area contributed by atoms with Gasteiger partial charge in [-0.15, -0.1) is 0 Å². The number of hydrogen-bond donors (Lipinski definition) is 3. The Bertz CT molecular complexity index is 1690. The van der Waals surface area contributed by atoms with Gasteiger partial charge >= 0.3 is 0 Å². The lowest BCUT2D eigenvalue weighted by molar-refractivity contribution is 0.102. The van der Waals surface area contributed by atoms with Gasteiger partial charge in [-0.3, -0.25) is 9.52 Å². The molecule has 0 heterocycles. The van der Waals surface area contributed by atoms with Gasteiger partial charge in [-0.25, -0.2) is 8.42 Å². The number of anilines is 2. The number of aliphatic hydroxyl groups excluding tert-OH is 1. The average Bonchev–Trinajstić information content (AvgIpc) is 2.98. The van der Waals surface area contributed by atoms with Crippen LogP contribution in [0.25, 0.3) is 0 Å². The molecule has 11 heteroatoms. The summed E-state index contributed by atoms with van der Waals surface area (Å²) in [5.74, 6) is -0.0198. The summed E-state index contributed by atoms with van der Waals surface area (Å²) in [6, 6.07) is 22.8. The van der Waals surface area contributed by atoms with Gasteiger partial charge in [0.05, 0.1) is 29.3 Å². The second kappa shape index (κ2) is 13.4. The van der Waals surface area contributed by atoms with Gasteiger partial charge in [0, 0.05) is 17.3 Å². The Balaban J connectivity index is 1.83. The largest absolute Gasteiger partial charge is 0.497 e. The normalized spacial score (nSPS) is 11.5. The average molecular weight is 625 g/mol. The van der Waals surface area contributed by atoms with Crippen molar-refractivity contribution in [2.45, 2.75) is 31.1 Å². The molecule has 0 fully saturated rings. The Hall–Kier alpha value is -4.25. The van der Waals surface area contributed by atoms with Crippen LogP contribution in [0.5, 0.6) is 23.0 Å². The van der Waals surface area contributed by atoms with Gasteiger partial charge < -0.3 is 24.6 Å². The molecule has 0 atom stereocenters. The van der Waals surface area contributed by atoms with Crippen LogP contribution >= 0.6 is 11.6 Å². The highest BCUT2D eigenvalue weighted by atomic mass is 35.5. The number of hydrogen-bond acceptors (Lipinski definition) is 7. The van der Waals surface area contributed by atoms with Gasteiger partial charge in [0.2, 0.25) is 0 Å². The number of halogens is 1. The molecule has 226 valence electrons. The fraction of sp³-hybridized carbons (Fsp3) is 0.219. The SMILES string of the molecule is COc1ccc(Cl)c(Oc2c(NS(=O)(=O)c3ccc(C(C)(C)C)cc3)cc(C(=O)Nc3ccccc3)cc2OCCO)c1. The van der Waals surface area contributed by atoms with E-state index in [1.807, 2.05) is 26.8 Å². The number of ether oxygens (including phenoxy) is 3. The van der Waals surface area contributed by atoms with Gasteiger partial charge in [-0.2, -0.15) is 0 Å². The Labute approximate surface area is 256 Å². The molecule has 9 nitrogen and oxygen atoms in total. The number of para-hydroxylation sites is 1. The lowest BCUT2D eigenvalue weighted by Gasteiger charge is -2.21. The fourth-order valence-corrected chi connectivity index (χ4v) is 5.25. The Morgan fingerprint density at radius 3 is 2.26 bits per heavy atom. The number of benzene rings is 4. The highest BCUT2D eigenvalue weighted by Gasteiger charge is 2.25. The molecule has 0 saturated heterocycles. The summed E-state index contributed by atoms with van der Waals surface area (Å²) in [6.07, 6.45) is 0. The predicted molar refractivity (Wildman–Crippen MR) is 167 cm³/mol. The number of aliphatic hydroxyl groups is 1. The summed E-state index contributed by atoms with van der Waals surface area (Å²) in [5.41, 5.74) is 1.30. The quantitative estimate of drug-likeness (QED) is 0.166. The molecular weight excluding hydrogens is 592 g/mol. The van der Waals surface area contributed by atoms with E-state index in [2.05, 4.69) is 10.0 Å². The van der Waals surface area contributed by atoms with E-state index in [0.29, 0.717) is 11.4 Å². The molecule has 0 radical (unpaired) electrons. The van der Waals surface area contributed by atoms with E-state index in [9.17, 15) is 18.3 Å². The van der Waals surface area contributed by atoms with Crippen LogP contribution in [0.15, 0.2) is 89.8 Å². The summed E-state index contributed by atoms with van der Waals surface area (Å²) in [4.78, 5) is 13.3. The molecule has 0 saturated carbocycles. The van der Waals surface area contributed by atoms with Gasteiger partial charge in [-0.05, 0) is 59.5 Å². The van der Waals surface area contributed by atoms with Crippen molar-refractivity contribution in [2.24, 2.45) is 0 Å². The van der Waals surface area contributed by atoms with Crippen molar-refractivity contribution in [3.05, 3.63) is 101 Å². The maximum Gasteiger partial charge on any atom is 0.262 e. The third kappa shape index (κ3) is 7.98. The first-order chi connectivity index (χ1) is 20.4. The smallest absolute Gasteiger partial charge is 0.262 e.